The predicted octanol–water partition coefficient (Wildman–Crippen LogP) is 4.66. The maximum Gasteiger partial charge on any atom is 0.417 e. The number of aliphatic carboxylic acids is 1. The number of ether oxygens (including phenoxy) is 1. The number of benzene rings is 1. The maximum absolute atomic E-state index is 13.1. The number of rotatable bonds is 8. The third-order valence-electron chi connectivity index (χ3n) is 5.18. The summed E-state index contributed by atoms with van der Waals surface area (Å²) in [4.78, 5) is 40.2. The van der Waals surface area contributed by atoms with Gasteiger partial charge in [0.15, 0.2) is 17.0 Å². The molecule has 0 spiro atoms. The minimum absolute atomic E-state index is 0.0317. The van der Waals surface area contributed by atoms with Crippen LogP contribution in [0.15, 0.2) is 36.7 Å². The smallest absolute Gasteiger partial charge is 0.417 e. The van der Waals surface area contributed by atoms with Gasteiger partial charge in [0.1, 0.15) is 11.6 Å². The second kappa shape index (κ2) is 10.3. The highest BCUT2D eigenvalue weighted by Crippen LogP contribution is 2.27. The van der Waals surface area contributed by atoms with Crippen LogP contribution in [0.2, 0.25) is 0 Å². The second-order valence-corrected chi connectivity index (χ2v) is 9.96. The van der Waals surface area contributed by atoms with Crippen LogP contribution in [0, 0.1) is 0 Å². The number of nitrogens with zero attached hydrogens (tertiary/aromatic N) is 5. The van der Waals surface area contributed by atoms with Gasteiger partial charge in [0.25, 0.3) is 0 Å². The number of carboxylic acids is 1. The first-order chi connectivity index (χ1) is 16.4. The van der Waals surface area contributed by atoms with Crippen molar-refractivity contribution in [3.63, 3.8) is 0 Å². The van der Waals surface area contributed by atoms with Crippen LogP contribution in [0.3, 0.4) is 0 Å². The zero-order chi connectivity index (χ0) is 25.9. The van der Waals surface area contributed by atoms with Gasteiger partial charge in [-0.3, -0.25) is 0 Å². The molecule has 0 fully saturated rings. The molecule has 10 nitrogen and oxygen atoms in total. The van der Waals surface area contributed by atoms with Crippen molar-refractivity contribution >= 4 is 35.0 Å². The number of hydrogen-bond acceptors (Lipinski definition) is 7. The van der Waals surface area contributed by atoms with Crippen molar-refractivity contribution in [2.24, 2.45) is 0 Å². The zero-order valence-electron chi connectivity index (χ0n) is 21.3. The Labute approximate surface area is 205 Å². The fourth-order valence-corrected chi connectivity index (χ4v) is 3.54. The number of carboxylic acid groups (broad SMARTS) is 1. The van der Waals surface area contributed by atoms with Crippen LogP contribution in [0.25, 0.3) is 11.2 Å². The first kappa shape index (κ1) is 25.9. The summed E-state index contributed by atoms with van der Waals surface area (Å²) in [7, 11) is 0. The molecule has 1 amide bonds. The average molecular weight is 483 g/mol. The lowest BCUT2D eigenvalue weighted by molar-refractivity contribution is -0.137. The normalized spacial score (nSPS) is 12.7. The van der Waals surface area contributed by atoms with E-state index >= 15 is 0 Å². The monoisotopic (exact) mass is 482 g/mol. The van der Waals surface area contributed by atoms with Crippen LogP contribution in [0.5, 0.6) is 0 Å². The summed E-state index contributed by atoms with van der Waals surface area (Å²) in [5, 5.41) is 13.0. The van der Waals surface area contributed by atoms with Crippen LogP contribution in [0.4, 0.5) is 16.6 Å². The van der Waals surface area contributed by atoms with Crippen molar-refractivity contribution in [3.05, 3.63) is 42.2 Å². The van der Waals surface area contributed by atoms with E-state index in [9.17, 15) is 14.7 Å². The Balaban J connectivity index is 2.11. The van der Waals surface area contributed by atoms with Gasteiger partial charge < -0.3 is 19.7 Å². The van der Waals surface area contributed by atoms with Crippen LogP contribution >= 0.6 is 0 Å². The van der Waals surface area contributed by atoms with Crippen molar-refractivity contribution in [2.75, 3.05) is 10.2 Å². The summed E-state index contributed by atoms with van der Waals surface area (Å²) in [6.07, 6.45) is 1.29. The molecule has 0 saturated heterocycles. The minimum atomic E-state index is -1.03. The van der Waals surface area contributed by atoms with Gasteiger partial charge in [-0.2, -0.15) is 9.97 Å². The number of amides is 1. The summed E-state index contributed by atoms with van der Waals surface area (Å²) in [6, 6.07) is 8.09. The molecule has 1 aromatic carbocycles. The van der Waals surface area contributed by atoms with Crippen molar-refractivity contribution in [2.45, 2.75) is 78.6 Å². The van der Waals surface area contributed by atoms with Gasteiger partial charge in [-0.05, 0) is 54.0 Å². The van der Waals surface area contributed by atoms with E-state index in [1.807, 2.05) is 62.6 Å². The van der Waals surface area contributed by atoms with E-state index in [0.717, 1.165) is 5.56 Å². The molecule has 2 heterocycles. The summed E-state index contributed by atoms with van der Waals surface area (Å²) >= 11 is 0. The lowest BCUT2D eigenvalue weighted by Gasteiger charge is -2.29. The van der Waals surface area contributed by atoms with Crippen LogP contribution < -0.4 is 10.2 Å². The van der Waals surface area contributed by atoms with E-state index in [0.29, 0.717) is 11.2 Å². The quantitative estimate of drug-likeness (QED) is 0.475. The summed E-state index contributed by atoms with van der Waals surface area (Å²) < 4.78 is 7.45. The Morgan fingerprint density at radius 3 is 2.31 bits per heavy atom. The van der Waals surface area contributed by atoms with E-state index in [-0.39, 0.29) is 30.3 Å². The van der Waals surface area contributed by atoms with Crippen molar-refractivity contribution in [3.8, 4) is 0 Å². The third-order valence-corrected chi connectivity index (χ3v) is 5.18. The lowest BCUT2D eigenvalue weighted by Crippen LogP contribution is -2.42. The molecule has 188 valence electrons. The third kappa shape index (κ3) is 6.26. The largest absolute Gasteiger partial charge is 0.480 e. The van der Waals surface area contributed by atoms with Gasteiger partial charge in [-0.1, -0.05) is 30.3 Å². The van der Waals surface area contributed by atoms with Gasteiger partial charge >= 0.3 is 12.1 Å². The SMILES string of the molecule is CC(C)N(C(=O)OC(C)(C)C)c1nc(N[C@@H](Cc2ccccc2)C(=O)O)c2ncn(C(C)C)c2n1. The number of anilines is 2. The maximum atomic E-state index is 13.1. The number of nitrogens with one attached hydrogen (secondary N) is 1. The second-order valence-electron chi connectivity index (χ2n) is 9.96. The van der Waals surface area contributed by atoms with E-state index in [1.165, 1.54) is 4.90 Å². The lowest BCUT2D eigenvalue weighted by atomic mass is 10.1. The molecule has 0 aliphatic heterocycles. The summed E-state index contributed by atoms with van der Waals surface area (Å²) in [6.45, 7) is 13.0. The summed E-state index contributed by atoms with van der Waals surface area (Å²) in [5.74, 6) is -0.684. The highest BCUT2D eigenvalue weighted by Gasteiger charge is 2.30. The standard InChI is InChI=1S/C25H34N6O4/c1-15(2)30-14-26-19-20(27-18(22(32)33)13-17-11-9-8-10-12-17)28-23(29-21(19)30)31(16(3)4)24(34)35-25(5,6)7/h8-12,14-16,18H,13H2,1-7H3,(H,32,33)(H,27,28,29)/t18-/m0/s1. The molecule has 1 atom stereocenters. The van der Waals surface area contributed by atoms with Crippen LogP contribution in [-0.2, 0) is 16.0 Å². The van der Waals surface area contributed by atoms with Gasteiger partial charge in [-0.25, -0.2) is 19.5 Å². The van der Waals surface area contributed by atoms with Gasteiger partial charge in [0, 0.05) is 18.5 Å². The van der Waals surface area contributed by atoms with E-state index in [4.69, 9.17) is 4.74 Å². The predicted molar refractivity (Wildman–Crippen MR) is 135 cm³/mol. The molecule has 0 radical (unpaired) electrons. The Bertz CT molecular complexity index is 1180. The molecule has 0 unspecified atom stereocenters. The molecule has 2 aromatic heterocycles. The Morgan fingerprint density at radius 2 is 1.77 bits per heavy atom. The summed E-state index contributed by atoms with van der Waals surface area (Å²) in [5.41, 5.74) is 1.07. The van der Waals surface area contributed by atoms with E-state index in [2.05, 4.69) is 20.3 Å². The highest BCUT2D eigenvalue weighted by molar-refractivity contribution is 5.91. The van der Waals surface area contributed by atoms with Crippen molar-refractivity contribution in [1.29, 1.82) is 0 Å². The van der Waals surface area contributed by atoms with Gasteiger partial charge in [0.05, 0.1) is 6.33 Å². The molecule has 2 N–H and O–H groups in total. The molecule has 35 heavy (non-hydrogen) atoms. The van der Waals surface area contributed by atoms with Gasteiger partial charge in [0.2, 0.25) is 5.95 Å². The molecule has 3 rings (SSSR count). The molecule has 0 aliphatic rings. The average Bonchev–Trinajstić information content (AvgIpc) is 3.17. The molecular weight excluding hydrogens is 448 g/mol. The number of aromatic nitrogens is 4. The number of fused-ring (bicyclic) bond motifs is 1. The molecule has 3 aromatic rings. The first-order valence-corrected chi connectivity index (χ1v) is 11.7. The number of carbonyl (C=O) groups excluding carboxylic acids is 1. The first-order valence-electron chi connectivity index (χ1n) is 11.7. The fraction of sp³-hybridized carbons (Fsp3) is 0.480. The van der Waals surface area contributed by atoms with E-state index < -0.39 is 23.7 Å². The van der Waals surface area contributed by atoms with Gasteiger partial charge in [-0.15, -0.1) is 0 Å². The molecule has 0 aliphatic carbocycles. The molecule has 0 saturated carbocycles. The molecule has 10 heteroatoms. The van der Waals surface area contributed by atoms with Crippen molar-refractivity contribution < 1.29 is 19.4 Å². The van der Waals surface area contributed by atoms with Crippen molar-refractivity contribution in [1.82, 2.24) is 19.5 Å². The number of hydrogen-bond donors (Lipinski definition) is 2. The Morgan fingerprint density at radius 1 is 1.11 bits per heavy atom. The zero-order valence-corrected chi connectivity index (χ0v) is 21.3. The molecular formula is C25H34N6O4. The Kier molecular flexibility index (Phi) is 7.62. The molecule has 0 bridgehead atoms. The van der Waals surface area contributed by atoms with Crippen LogP contribution in [-0.4, -0.2) is 54.4 Å². The van der Waals surface area contributed by atoms with E-state index in [1.54, 1.807) is 27.1 Å². The number of carbonyl (C=O) groups is 2. The number of imidazole rings is 1. The highest BCUT2D eigenvalue weighted by atomic mass is 16.6. The Hall–Kier alpha value is -3.69. The minimum Gasteiger partial charge on any atom is -0.480 e. The van der Waals surface area contributed by atoms with Crippen LogP contribution in [0.1, 0.15) is 60.1 Å². The topological polar surface area (TPSA) is 122 Å². The fourth-order valence-electron chi connectivity index (χ4n) is 3.54.